The third kappa shape index (κ3) is 7.65. The molecule has 0 bridgehead atoms. The van der Waals surface area contributed by atoms with Crippen LogP contribution in [0.25, 0.3) is 10.9 Å². The van der Waals surface area contributed by atoms with E-state index in [0.717, 1.165) is 46.4 Å². The quantitative estimate of drug-likeness (QED) is 0.112. The van der Waals surface area contributed by atoms with Crippen LogP contribution >= 0.6 is 11.6 Å². The Kier molecular flexibility index (Phi) is 9.34. The largest absolute Gasteiger partial charge is 0.494 e. The monoisotopic (exact) mass is 555 g/mol. The molecule has 0 unspecified atom stereocenters. The number of aromatic nitrogens is 4. The molecule has 8 nitrogen and oxygen atoms in total. The van der Waals surface area contributed by atoms with Crippen molar-refractivity contribution in [1.29, 1.82) is 0 Å². The van der Waals surface area contributed by atoms with Gasteiger partial charge in [0.2, 0.25) is 0 Å². The molecule has 2 heterocycles. The van der Waals surface area contributed by atoms with Crippen LogP contribution in [0.15, 0.2) is 96.9 Å². The first-order valence-corrected chi connectivity index (χ1v) is 13.6. The van der Waals surface area contributed by atoms with Crippen molar-refractivity contribution in [2.24, 2.45) is 0 Å². The van der Waals surface area contributed by atoms with Crippen LogP contribution in [0.5, 0.6) is 5.75 Å². The van der Waals surface area contributed by atoms with Gasteiger partial charge in [0, 0.05) is 47.4 Å². The molecule has 5 rings (SSSR count). The summed E-state index contributed by atoms with van der Waals surface area (Å²) in [6.07, 6.45) is 14.9. The SMILES string of the molecule is O=C(/C=C/C1=CCC=C1)c1ccc(OCCCn2cc(COCCNc3ccnc4cc(Cl)ccc34)nn2)cc1. The molecule has 2 aromatic carbocycles. The molecule has 4 aromatic rings. The zero-order valence-electron chi connectivity index (χ0n) is 22.0. The number of rotatable bonds is 14. The maximum Gasteiger partial charge on any atom is 0.185 e. The van der Waals surface area contributed by atoms with Crippen LogP contribution in [0.3, 0.4) is 0 Å². The fourth-order valence-corrected chi connectivity index (χ4v) is 4.39. The van der Waals surface area contributed by atoms with Crippen molar-refractivity contribution in [2.45, 2.75) is 26.0 Å². The van der Waals surface area contributed by atoms with Gasteiger partial charge in [-0.05, 0) is 66.6 Å². The second-order valence-corrected chi connectivity index (χ2v) is 9.67. The van der Waals surface area contributed by atoms with Crippen LogP contribution in [0.4, 0.5) is 5.69 Å². The van der Waals surface area contributed by atoms with Crippen LogP contribution in [0.2, 0.25) is 5.02 Å². The van der Waals surface area contributed by atoms with Crippen molar-refractivity contribution in [3.8, 4) is 5.75 Å². The lowest BCUT2D eigenvalue weighted by Crippen LogP contribution is -2.10. The number of hydrogen-bond donors (Lipinski definition) is 1. The highest BCUT2D eigenvalue weighted by Gasteiger charge is 2.06. The predicted molar refractivity (Wildman–Crippen MR) is 157 cm³/mol. The molecule has 1 N–H and O–H groups in total. The van der Waals surface area contributed by atoms with Gasteiger partial charge in [0.1, 0.15) is 11.4 Å². The molecule has 1 aliphatic rings. The average molecular weight is 556 g/mol. The normalized spacial score (nSPS) is 12.8. The summed E-state index contributed by atoms with van der Waals surface area (Å²) in [5.41, 5.74) is 4.32. The molecule has 0 saturated heterocycles. The van der Waals surface area contributed by atoms with E-state index in [1.807, 2.05) is 54.7 Å². The Morgan fingerprint density at radius 2 is 2.02 bits per heavy atom. The van der Waals surface area contributed by atoms with E-state index >= 15 is 0 Å². The first-order valence-electron chi connectivity index (χ1n) is 13.2. The molecule has 40 heavy (non-hydrogen) atoms. The molecule has 0 aliphatic heterocycles. The molecular formula is C31H30ClN5O3. The number of fused-ring (bicyclic) bond motifs is 1. The van der Waals surface area contributed by atoms with Gasteiger partial charge in [0.15, 0.2) is 5.78 Å². The van der Waals surface area contributed by atoms with Crippen molar-refractivity contribution < 1.29 is 14.3 Å². The Morgan fingerprint density at radius 3 is 2.88 bits per heavy atom. The van der Waals surface area contributed by atoms with Crippen molar-refractivity contribution in [2.75, 3.05) is 25.1 Å². The number of anilines is 1. The highest BCUT2D eigenvalue weighted by molar-refractivity contribution is 6.31. The van der Waals surface area contributed by atoms with E-state index in [2.05, 4.69) is 32.8 Å². The summed E-state index contributed by atoms with van der Waals surface area (Å²) in [6.45, 7) is 2.77. The fourth-order valence-electron chi connectivity index (χ4n) is 4.22. The smallest absolute Gasteiger partial charge is 0.185 e. The third-order valence-corrected chi connectivity index (χ3v) is 6.50. The van der Waals surface area contributed by atoms with E-state index < -0.39 is 0 Å². The highest BCUT2D eigenvalue weighted by atomic mass is 35.5. The molecule has 0 spiro atoms. The average Bonchev–Trinajstić information content (AvgIpc) is 3.66. The minimum atomic E-state index is -0.0249. The Balaban J connectivity index is 0.973. The van der Waals surface area contributed by atoms with Gasteiger partial charge >= 0.3 is 0 Å². The number of allylic oxidation sites excluding steroid dienone is 6. The number of benzene rings is 2. The van der Waals surface area contributed by atoms with E-state index in [4.69, 9.17) is 21.1 Å². The van der Waals surface area contributed by atoms with Gasteiger partial charge in [-0.15, -0.1) is 5.10 Å². The Hall–Kier alpha value is -4.27. The number of hydrogen-bond acceptors (Lipinski definition) is 7. The fraction of sp³-hybridized carbons (Fsp3) is 0.226. The predicted octanol–water partition coefficient (Wildman–Crippen LogP) is 6.20. The number of nitrogens with zero attached hydrogens (tertiary/aromatic N) is 4. The van der Waals surface area contributed by atoms with E-state index in [1.165, 1.54) is 0 Å². The molecule has 0 amide bonds. The maximum atomic E-state index is 12.3. The number of ether oxygens (including phenoxy) is 2. The topological polar surface area (TPSA) is 91.2 Å². The second-order valence-electron chi connectivity index (χ2n) is 9.24. The van der Waals surface area contributed by atoms with Crippen molar-refractivity contribution in [3.63, 3.8) is 0 Å². The van der Waals surface area contributed by atoms with Gasteiger partial charge in [-0.1, -0.05) is 41.1 Å². The van der Waals surface area contributed by atoms with Crippen LogP contribution in [-0.2, 0) is 17.9 Å². The van der Waals surface area contributed by atoms with Crippen molar-refractivity contribution in [3.05, 3.63) is 113 Å². The van der Waals surface area contributed by atoms with Crippen LogP contribution in [0.1, 0.15) is 28.9 Å². The molecular weight excluding hydrogens is 526 g/mol. The highest BCUT2D eigenvalue weighted by Crippen LogP contribution is 2.24. The number of halogens is 1. The van der Waals surface area contributed by atoms with Gasteiger partial charge in [0.25, 0.3) is 0 Å². The molecule has 0 atom stereocenters. The number of aryl methyl sites for hydroxylation is 1. The molecule has 0 radical (unpaired) electrons. The van der Waals surface area contributed by atoms with Gasteiger partial charge in [0.05, 0.1) is 31.5 Å². The lowest BCUT2D eigenvalue weighted by molar-refractivity contribution is 0.104. The Morgan fingerprint density at radius 1 is 1.12 bits per heavy atom. The standard InChI is InChI=1S/C31H30ClN5O3/c32-25-9-12-28-29(14-15-33-30(28)20-25)34-16-19-39-22-26-21-37(36-35-26)17-3-18-40-27-10-7-24(8-11-27)31(38)13-6-23-4-1-2-5-23/h1,4-15,20-21H,2-3,16-19,22H2,(H,33,34)/b13-6+. The summed E-state index contributed by atoms with van der Waals surface area (Å²) in [5.74, 6) is 0.704. The summed E-state index contributed by atoms with van der Waals surface area (Å²) in [6, 6.07) is 14.8. The summed E-state index contributed by atoms with van der Waals surface area (Å²) >= 11 is 6.06. The number of nitrogens with one attached hydrogen (secondary N) is 1. The molecule has 0 saturated carbocycles. The van der Waals surface area contributed by atoms with Gasteiger partial charge in [-0.2, -0.15) is 0 Å². The lowest BCUT2D eigenvalue weighted by atomic mass is 10.1. The van der Waals surface area contributed by atoms with Gasteiger partial charge in [-0.3, -0.25) is 14.5 Å². The van der Waals surface area contributed by atoms with Crippen LogP contribution in [-0.4, -0.2) is 45.5 Å². The van der Waals surface area contributed by atoms with Crippen LogP contribution in [0, 0.1) is 0 Å². The molecule has 204 valence electrons. The van der Waals surface area contributed by atoms with Gasteiger partial charge < -0.3 is 14.8 Å². The van der Waals surface area contributed by atoms with Crippen molar-refractivity contribution >= 4 is 34.0 Å². The number of ketones is 1. The third-order valence-electron chi connectivity index (χ3n) is 6.27. The summed E-state index contributed by atoms with van der Waals surface area (Å²) in [7, 11) is 0. The zero-order chi connectivity index (χ0) is 27.6. The minimum Gasteiger partial charge on any atom is -0.494 e. The molecule has 0 fully saturated rings. The molecule has 2 aromatic heterocycles. The molecule has 9 heteroatoms. The maximum absolute atomic E-state index is 12.3. The van der Waals surface area contributed by atoms with Crippen LogP contribution < -0.4 is 10.1 Å². The minimum absolute atomic E-state index is 0.0249. The second kappa shape index (κ2) is 13.7. The van der Waals surface area contributed by atoms with E-state index in [9.17, 15) is 4.79 Å². The van der Waals surface area contributed by atoms with E-state index in [-0.39, 0.29) is 5.78 Å². The van der Waals surface area contributed by atoms with Crippen molar-refractivity contribution in [1.82, 2.24) is 20.0 Å². The van der Waals surface area contributed by atoms with E-state index in [1.54, 1.807) is 29.1 Å². The number of carbonyl (C=O) groups excluding carboxylic acids is 1. The number of carbonyl (C=O) groups is 1. The first kappa shape index (κ1) is 27.3. The summed E-state index contributed by atoms with van der Waals surface area (Å²) < 4.78 is 13.4. The lowest BCUT2D eigenvalue weighted by Gasteiger charge is -2.09. The first-order chi connectivity index (χ1) is 19.6. The molecule has 1 aliphatic carbocycles. The Labute approximate surface area is 238 Å². The number of pyridine rings is 1. The summed E-state index contributed by atoms with van der Waals surface area (Å²) in [5, 5.41) is 13.4. The summed E-state index contributed by atoms with van der Waals surface area (Å²) in [4.78, 5) is 16.7. The van der Waals surface area contributed by atoms with Gasteiger partial charge in [-0.25, -0.2) is 0 Å². The van der Waals surface area contributed by atoms with E-state index in [0.29, 0.717) is 43.5 Å². The Bertz CT molecular complexity index is 1540. The zero-order valence-corrected chi connectivity index (χ0v) is 22.8.